The molecule has 0 aliphatic rings. The number of nitrogens with two attached hydrogens (primary N) is 1. The van der Waals surface area contributed by atoms with Crippen molar-refractivity contribution in [2.45, 2.75) is 6.23 Å². The minimum atomic E-state index is -1.31. The Labute approximate surface area is 155 Å². The highest BCUT2D eigenvalue weighted by Crippen LogP contribution is 2.24. The van der Waals surface area contributed by atoms with Crippen LogP contribution in [0.2, 0.25) is 10.0 Å². The molecular formula is C18H16Cl2N2O3. The fourth-order valence-electron chi connectivity index (χ4n) is 2.00. The van der Waals surface area contributed by atoms with E-state index in [0.717, 1.165) is 5.56 Å². The van der Waals surface area contributed by atoms with Crippen LogP contribution >= 0.6 is 23.2 Å². The van der Waals surface area contributed by atoms with Crippen molar-refractivity contribution in [1.29, 1.82) is 0 Å². The summed E-state index contributed by atoms with van der Waals surface area (Å²) in [7, 11) is 0. The molecule has 2 aromatic rings. The first-order valence-electron chi connectivity index (χ1n) is 7.36. The maximum Gasteiger partial charge on any atom is 0.267 e. The van der Waals surface area contributed by atoms with E-state index in [0.29, 0.717) is 0 Å². The molecule has 5 nitrogen and oxygen atoms in total. The van der Waals surface area contributed by atoms with Gasteiger partial charge in [-0.25, -0.2) is 0 Å². The highest BCUT2D eigenvalue weighted by atomic mass is 35.5. The lowest BCUT2D eigenvalue weighted by molar-refractivity contribution is -0.130. The molecule has 3 N–H and O–H groups in total. The van der Waals surface area contributed by atoms with Crippen LogP contribution in [0.15, 0.2) is 54.6 Å². The van der Waals surface area contributed by atoms with Crippen molar-refractivity contribution in [2.24, 2.45) is 5.73 Å². The van der Waals surface area contributed by atoms with Gasteiger partial charge in [-0.1, -0.05) is 71.8 Å². The summed E-state index contributed by atoms with van der Waals surface area (Å²) in [5.74, 6) is -1.48. The van der Waals surface area contributed by atoms with Gasteiger partial charge in [0.15, 0.2) is 0 Å². The van der Waals surface area contributed by atoms with Crippen LogP contribution in [-0.2, 0) is 9.53 Å². The molecule has 0 aliphatic heterocycles. The smallest absolute Gasteiger partial charge is 0.267 e. The normalized spacial score (nSPS) is 12.1. The second kappa shape index (κ2) is 9.22. The summed E-state index contributed by atoms with van der Waals surface area (Å²) in [5, 5.41) is 2.70. The van der Waals surface area contributed by atoms with E-state index in [9.17, 15) is 9.59 Å². The molecular weight excluding hydrogens is 363 g/mol. The first-order valence-corrected chi connectivity index (χ1v) is 8.12. The van der Waals surface area contributed by atoms with Crippen molar-refractivity contribution in [1.82, 2.24) is 5.32 Å². The van der Waals surface area contributed by atoms with Gasteiger partial charge in [0.25, 0.3) is 11.8 Å². The number of carbonyl (C=O) groups excluding carboxylic acids is 2. The molecule has 1 unspecified atom stereocenters. The number of nitrogens with one attached hydrogen (secondary N) is 1. The molecule has 0 saturated carbocycles. The topological polar surface area (TPSA) is 81.4 Å². The molecule has 0 bridgehead atoms. The highest BCUT2D eigenvalue weighted by molar-refractivity contribution is 6.39. The third-order valence-corrected chi connectivity index (χ3v) is 3.81. The fourth-order valence-corrected chi connectivity index (χ4v) is 2.57. The number of halogens is 2. The van der Waals surface area contributed by atoms with Crippen molar-refractivity contribution < 1.29 is 14.3 Å². The average Bonchev–Trinajstić information content (AvgIpc) is 2.58. The Kier molecular flexibility index (Phi) is 7.01. The molecule has 0 aromatic heterocycles. The Hall–Kier alpha value is -2.34. The number of ether oxygens (including phenoxy) is 1. The van der Waals surface area contributed by atoms with E-state index in [4.69, 9.17) is 33.7 Å². The van der Waals surface area contributed by atoms with E-state index < -0.39 is 18.0 Å². The molecule has 7 heteroatoms. The summed E-state index contributed by atoms with van der Waals surface area (Å²) in [6, 6.07) is 14.2. The van der Waals surface area contributed by atoms with Crippen LogP contribution in [0.1, 0.15) is 15.9 Å². The second-order valence-corrected chi connectivity index (χ2v) is 5.81. The van der Waals surface area contributed by atoms with E-state index in [1.165, 1.54) is 12.1 Å². The van der Waals surface area contributed by atoms with Crippen LogP contribution in [0.4, 0.5) is 0 Å². The van der Waals surface area contributed by atoms with Gasteiger partial charge in [0, 0.05) is 0 Å². The first-order chi connectivity index (χ1) is 12.0. The summed E-state index contributed by atoms with van der Waals surface area (Å²) < 4.78 is 5.32. The molecule has 130 valence electrons. The van der Waals surface area contributed by atoms with Crippen molar-refractivity contribution in [2.75, 3.05) is 6.61 Å². The summed E-state index contributed by atoms with van der Waals surface area (Å²) in [5.41, 5.74) is 6.30. The predicted octanol–water partition coefficient (Wildman–Crippen LogP) is 3.26. The third-order valence-electron chi connectivity index (χ3n) is 3.18. The lowest BCUT2D eigenvalue weighted by Gasteiger charge is -2.16. The monoisotopic (exact) mass is 378 g/mol. The zero-order chi connectivity index (χ0) is 18.2. The SMILES string of the molecule is NC(=O)C(NC(=O)c1c(Cl)cccc1Cl)OC/C=C/c1ccccc1. The molecule has 0 saturated heterocycles. The maximum absolute atomic E-state index is 12.3. The molecule has 0 spiro atoms. The van der Waals surface area contributed by atoms with Crippen molar-refractivity contribution in [3.63, 3.8) is 0 Å². The van der Waals surface area contributed by atoms with E-state index >= 15 is 0 Å². The molecule has 0 fully saturated rings. The molecule has 0 aliphatic carbocycles. The minimum Gasteiger partial charge on any atom is -0.366 e. The molecule has 0 radical (unpaired) electrons. The standard InChI is InChI=1S/C18H16Cl2N2O3/c19-13-9-4-10-14(20)15(13)17(24)22-18(16(21)23)25-11-5-8-12-6-2-1-3-7-12/h1-10,18H,11H2,(H2,21,23)(H,22,24)/b8-5+. The van der Waals surface area contributed by atoms with Gasteiger partial charge in [-0.05, 0) is 17.7 Å². The van der Waals surface area contributed by atoms with E-state index in [2.05, 4.69) is 5.32 Å². The van der Waals surface area contributed by atoms with Crippen LogP contribution in [0.3, 0.4) is 0 Å². The van der Waals surface area contributed by atoms with Gasteiger partial charge in [-0.15, -0.1) is 0 Å². The molecule has 1 atom stereocenters. The lowest BCUT2D eigenvalue weighted by atomic mass is 10.2. The van der Waals surface area contributed by atoms with E-state index in [-0.39, 0.29) is 22.2 Å². The third kappa shape index (κ3) is 5.60. The van der Waals surface area contributed by atoms with Gasteiger partial charge < -0.3 is 15.8 Å². The fraction of sp³-hybridized carbons (Fsp3) is 0.111. The van der Waals surface area contributed by atoms with Gasteiger partial charge in [-0.3, -0.25) is 9.59 Å². The summed E-state index contributed by atoms with van der Waals surface area (Å²) in [6.07, 6.45) is 2.23. The molecule has 2 aromatic carbocycles. The van der Waals surface area contributed by atoms with Crippen LogP contribution in [0, 0.1) is 0 Å². The van der Waals surface area contributed by atoms with Crippen LogP contribution in [0.5, 0.6) is 0 Å². The lowest BCUT2D eigenvalue weighted by Crippen LogP contribution is -2.46. The number of amides is 2. The minimum absolute atomic E-state index is 0.0560. The highest BCUT2D eigenvalue weighted by Gasteiger charge is 2.22. The van der Waals surface area contributed by atoms with Crippen LogP contribution in [0.25, 0.3) is 6.08 Å². The Morgan fingerprint density at radius 1 is 1.08 bits per heavy atom. The molecule has 2 amide bonds. The average molecular weight is 379 g/mol. The zero-order valence-electron chi connectivity index (χ0n) is 13.1. The molecule has 2 rings (SSSR count). The van der Waals surface area contributed by atoms with Crippen molar-refractivity contribution in [3.05, 3.63) is 75.8 Å². The van der Waals surface area contributed by atoms with Crippen LogP contribution < -0.4 is 11.1 Å². The zero-order valence-corrected chi connectivity index (χ0v) is 14.6. The number of hydrogen-bond acceptors (Lipinski definition) is 3. The number of benzene rings is 2. The van der Waals surface area contributed by atoms with Gasteiger partial charge in [0.2, 0.25) is 6.23 Å². The van der Waals surface area contributed by atoms with Crippen molar-refractivity contribution >= 4 is 41.1 Å². The van der Waals surface area contributed by atoms with Gasteiger partial charge in [-0.2, -0.15) is 0 Å². The summed E-state index contributed by atoms with van der Waals surface area (Å²) >= 11 is 11.9. The molecule has 25 heavy (non-hydrogen) atoms. The van der Waals surface area contributed by atoms with Crippen LogP contribution in [-0.4, -0.2) is 24.6 Å². The summed E-state index contributed by atoms with van der Waals surface area (Å²) in [4.78, 5) is 23.8. The number of hydrogen-bond donors (Lipinski definition) is 2. The Bertz CT molecular complexity index is 759. The number of rotatable bonds is 7. The maximum atomic E-state index is 12.3. The van der Waals surface area contributed by atoms with Gasteiger partial charge in [0.05, 0.1) is 22.2 Å². The Morgan fingerprint density at radius 3 is 2.32 bits per heavy atom. The molecule has 0 heterocycles. The Morgan fingerprint density at radius 2 is 1.72 bits per heavy atom. The first kappa shape index (κ1) is 19.0. The quantitative estimate of drug-likeness (QED) is 0.725. The van der Waals surface area contributed by atoms with Gasteiger partial charge >= 0.3 is 0 Å². The summed E-state index contributed by atoms with van der Waals surface area (Å²) in [6.45, 7) is 0.0824. The van der Waals surface area contributed by atoms with E-state index in [1.54, 1.807) is 12.1 Å². The number of carbonyl (C=O) groups is 2. The van der Waals surface area contributed by atoms with Crippen molar-refractivity contribution in [3.8, 4) is 0 Å². The number of primary amides is 1. The second-order valence-electron chi connectivity index (χ2n) is 5.00. The Balaban J connectivity index is 1.98. The van der Waals surface area contributed by atoms with E-state index in [1.807, 2.05) is 36.4 Å². The largest absolute Gasteiger partial charge is 0.366 e. The predicted molar refractivity (Wildman–Crippen MR) is 98.3 cm³/mol. The van der Waals surface area contributed by atoms with Gasteiger partial charge in [0.1, 0.15) is 0 Å².